The van der Waals surface area contributed by atoms with Crippen LogP contribution < -0.4 is 5.30 Å². The van der Waals surface area contributed by atoms with Crippen LogP contribution in [-0.2, 0) is 15.8 Å². The first-order valence-corrected chi connectivity index (χ1v) is 15.4. The number of aryl methyl sites for hydroxylation is 1. The van der Waals surface area contributed by atoms with E-state index in [1.165, 1.54) is 109 Å². The van der Waals surface area contributed by atoms with E-state index in [2.05, 4.69) is 6.92 Å². The highest BCUT2D eigenvalue weighted by Gasteiger charge is 2.27. The molecule has 1 aromatic rings. The Hall–Kier alpha value is -1.12. The predicted molar refractivity (Wildman–Crippen MR) is 141 cm³/mol. The second-order valence-electron chi connectivity index (χ2n) is 9.84. The lowest BCUT2D eigenvalue weighted by Gasteiger charge is -2.14. The molecule has 0 saturated heterocycles. The summed E-state index contributed by atoms with van der Waals surface area (Å²) in [6.07, 6.45) is 22.6. The third-order valence-electron chi connectivity index (χ3n) is 6.60. The Morgan fingerprint density at radius 2 is 1.15 bits per heavy atom. The Morgan fingerprint density at radius 3 is 1.55 bits per heavy atom. The minimum absolute atomic E-state index is 0.221. The number of hydrogen-bond acceptors (Lipinski definition) is 2. The first-order valence-electron chi connectivity index (χ1n) is 13.5. The lowest BCUT2D eigenvalue weighted by Crippen LogP contribution is -2.18. The summed E-state index contributed by atoms with van der Waals surface area (Å²) in [5.41, 5.74) is 1.18. The largest absolute Gasteiger partial charge is 0.481 e. The van der Waals surface area contributed by atoms with Gasteiger partial charge in [0.25, 0.3) is 0 Å². The molecule has 190 valence electrons. The van der Waals surface area contributed by atoms with Gasteiger partial charge in [0.1, 0.15) is 0 Å². The monoisotopic (exact) mass is 480 g/mol. The van der Waals surface area contributed by atoms with Crippen LogP contribution in [0, 0.1) is 5.92 Å². The van der Waals surface area contributed by atoms with Crippen molar-refractivity contribution in [3.63, 3.8) is 0 Å². The van der Waals surface area contributed by atoms with Crippen molar-refractivity contribution in [1.29, 1.82) is 0 Å². The Bertz CT molecular complexity index is 671. The van der Waals surface area contributed by atoms with E-state index in [0.29, 0.717) is 5.30 Å². The molecule has 1 aromatic carbocycles. The molecule has 2 unspecified atom stereocenters. The van der Waals surface area contributed by atoms with Crippen molar-refractivity contribution in [3.05, 3.63) is 29.8 Å². The van der Waals surface area contributed by atoms with Crippen molar-refractivity contribution in [1.82, 2.24) is 0 Å². The maximum Gasteiger partial charge on any atom is 0.306 e. The minimum atomic E-state index is -3.62. The topological polar surface area (TPSA) is 74.6 Å². The van der Waals surface area contributed by atoms with Gasteiger partial charge in [-0.05, 0) is 30.5 Å². The molecule has 0 aromatic heterocycles. The van der Waals surface area contributed by atoms with Gasteiger partial charge in [-0.2, -0.15) is 0 Å². The van der Waals surface area contributed by atoms with Crippen LogP contribution in [0.4, 0.5) is 0 Å². The summed E-state index contributed by atoms with van der Waals surface area (Å²) in [4.78, 5) is 21.2. The van der Waals surface area contributed by atoms with Gasteiger partial charge in [0.15, 0.2) is 0 Å². The molecule has 0 heterocycles. The second-order valence-corrected chi connectivity index (χ2v) is 12.1. The number of carboxylic acid groups (broad SMARTS) is 1. The molecule has 0 bridgehead atoms. The quantitative estimate of drug-likeness (QED) is 0.138. The number of benzene rings is 1. The zero-order valence-electron chi connectivity index (χ0n) is 21.3. The van der Waals surface area contributed by atoms with Crippen molar-refractivity contribution in [2.45, 2.75) is 123 Å². The van der Waals surface area contributed by atoms with Crippen molar-refractivity contribution < 1.29 is 19.4 Å². The van der Waals surface area contributed by atoms with Gasteiger partial charge < -0.3 is 10.00 Å². The summed E-state index contributed by atoms with van der Waals surface area (Å²) in [6, 6.07) is 7.21. The molecule has 0 amide bonds. The number of aliphatic carboxylic acids is 1. The molecular formula is C28H49O4P. The minimum Gasteiger partial charge on any atom is -0.481 e. The number of carbonyl (C=O) groups is 1. The van der Waals surface area contributed by atoms with Crippen molar-refractivity contribution >= 4 is 18.6 Å². The summed E-state index contributed by atoms with van der Waals surface area (Å²) < 4.78 is 12.5. The molecule has 33 heavy (non-hydrogen) atoms. The Balaban J connectivity index is 2.01. The molecule has 2 atom stereocenters. The van der Waals surface area contributed by atoms with Crippen molar-refractivity contribution in [2.75, 3.05) is 6.16 Å². The zero-order chi connectivity index (χ0) is 24.4. The molecule has 4 nitrogen and oxygen atoms in total. The van der Waals surface area contributed by atoms with E-state index in [9.17, 15) is 14.3 Å². The van der Waals surface area contributed by atoms with Crippen LogP contribution in [0.25, 0.3) is 0 Å². The molecule has 0 saturated carbocycles. The van der Waals surface area contributed by atoms with Crippen LogP contribution in [0.15, 0.2) is 24.3 Å². The molecule has 0 spiro atoms. The van der Waals surface area contributed by atoms with Gasteiger partial charge in [-0.15, -0.1) is 0 Å². The van der Waals surface area contributed by atoms with E-state index >= 15 is 0 Å². The van der Waals surface area contributed by atoms with E-state index < -0.39 is 19.3 Å². The van der Waals surface area contributed by atoms with Gasteiger partial charge in [-0.3, -0.25) is 9.36 Å². The van der Waals surface area contributed by atoms with Gasteiger partial charge in [-0.1, -0.05) is 122 Å². The standard InChI is InChI=1S/C28H49O4P/c1-3-4-5-6-7-8-9-10-11-12-13-14-15-16-17-18-19-26-20-22-27(23-21-26)33(31,32)24-25(2)28(29)30/h20-23,25H,3-19,24H2,1-2H3,(H,29,30)(H,31,32). The van der Waals surface area contributed by atoms with E-state index in [0.717, 1.165) is 12.8 Å². The summed E-state index contributed by atoms with van der Waals surface area (Å²) in [6.45, 7) is 3.74. The van der Waals surface area contributed by atoms with Crippen molar-refractivity contribution in [3.8, 4) is 0 Å². The molecule has 2 N–H and O–H groups in total. The molecule has 0 radical (unpaired) electrons. The van der Waals surface area contributed by atoms with E-state index in [4.69, 9.17) is 5.11 Å². The summed E-state index contributed by atoms with van der Waals surface area (Å²) in [5, 5.41) is 9.33. The normalized spacial score (nSPS) is 14.2. The number of carboxylic acids is 1. The SMILES string of the molecule is CCCCCCCCCCCCCCCCCCc1ccc(P(=O)(O)CC(C)C(=O)O)cc1. The maximum atomic E-state index is 12.5. The van der Waals surface area contributed by atoms with Crippen LogP contribution in [0.3, 0.4) is 0 Å². The Labute approximate surface area is 203 Å². The van der Waals surface area contributed by atoms with Gasteiger partial charge >= 0.3 is 5.97 Å². The summed E-state index contributed by atoms with van der Waals surface area (Å²) in [5.74, 6) is -1.87. The molecule has 0 aliphatic rings. The fourth-order valence-corrected chi connectivity index (χ4v) is 6.05. The molecule has 0 aliphatic heterocycles. The fraction of sp³-hybridized carbons (Fsp3) is 0.750. The third kappa shape index (κ3) is 14.7. The summed E-state index contributed by atoms with van der Waals surface area (Å²) >= 11 is 0. The smallest absolute Gasteiger partial charge is 0.306 e. The maximum absolute atomic E-state index is 12.5. The molecule has 5 heteroatoms. The highest BCUT2D eigenvalue weighted by Crippen LogP contribution is 2.41. The summed E-state index contributed by atoms with van der Waals surface area (Å²) in [7, 11) is -3.62. The van der Waals surface area contributed by atoms with E-state index in [-0.39, 0.29) is 6.16 Å². The zero-order valence-corrected chi connectivity index (χ0v) is 22.2. The lowest BCUT2D eigenvalue weighted by atomic mass is 10.0. The van der Waals surface area contributed by atoms with Gasteiger partial charge in [0, 0.05) is 11.5 Å². The van der Waals surface area contributed by atoms with Crippen LogP contribution in [0.1, 0.15) is 122 Å². The van der Waals surface area contributed by atoms with Gasteiger partial charge in [0.05, 0.1) is 5.92 Å². The average Bonchev–Trinajstić information content (AvgIpc) is 2.78. The molecule has 0 fully saturated rings. The number of hydrogen-bond donors (Lipinski definition) is 2. The van der Waals surface area contributed by atoms with Gasteiger partial charge in [0.2, 0.25) is 7.37 Å². The van der Waals surface area contributed by atoms with Crippen LogP contribution in [-0.4, -0.2) is 22.1 Å². The molecule has 0 aliphatic carbocycles. The Morgan fingerprint density at radius 1 is 0.758 bits per heavy atom. The van der Waals surface area contributed by atoms with Crippen LogP contribution in [0.5, 0.6) is 0 Å². The van der Waals surface area contributed by atoms with E-state index in [1.54, 1.807) is 12.1 Å². The molecular weight excluding hydrogens is 431 g/mol. The number of unbranched alkanes of at least 4 members (excludes halogenated alkanes) is 15. The Kier molecular flexibility index (Phi) is 16.5. The predicted octanol–water partition coefficient (Wildman–Crippen LogP) is 8.11. The van der Waals surface area contributed by atoms with Crippen molar-refractivity contribution in [2.24, 2.45) is 5.92 Å². The fourth-order valence-electron chi connectivity index (χ4n) is 4.33. The first kappa shape index (κ1) is 29.9. The highest BCUT2D eigenvalue weighted by atomic mass is 31.2. The number of rotatable bonds is 21. The second kappa shape index (κ2) is 18.2. The van der Waals surface area contributed by atoms with Crippen LogP contribution in [0.2, 0.25) is 0 Å². The highest BCUT2D eigenvalue weighted by molar-refractivity contribution is 7.66. The first-order chi connectivity index (χ1) is 15.9. The lowest BCUT2D eigenvalue weighted by molar-refractivity contribution is -0.140. The third-order valence-corrected chi connectivity index (χ3v) is 8.75. The van der Waals surface area contributed by atoms with Gasteiger partial charge in [-0.25, -0.2) is 0 Å². The van der Waals surface area contributed by atoms with E-state index in [1.807, 2.05) is 12.1 Å². The average molecular weight is 481 g/mol. The molecule has 1 rings (SSSR count). The van der Waals surface area contributed by atoms with Crippen LogP contribution >= 0.6 is 7.37 Å².